The lowest BCUT2D eigenvalue weighted by atomic mass is 9.90. The third-order valence-corrected chi connectivity index (χ3v) is 8.98. The largest absolute Gasteiger partial charge is 0.355 e. The lowest BCUT2D eigenvalue weighted by Crippen LogP contribution is -1.91. The highest BCUT2D eigenvalue weighted by Crippen LogP contribution is 2.40. The first-order valence-corrected chi connectivity index (χ1v) is 14.4. The molecule has 40 heavy (non-hydrogen) atoms. The third-order valence-electron chi connectivity index (χ3n) is 7.84. The third kappa shape index (κ3) is 3.85. The van der Waals surface area contributed by atoms with Gasteiger partial charge in [0.15, 0.2) is 0 Å². The van der Waals surface area contributed by atoms with Crippen molar-refractivity contribution < 1.29 is 0 Å². The topological polar surface area (TPSA) is 12.0 Å². The molecule has 8 rings (SSSR count). The van der Waals surface area contributed by atoms with Gasteiger partial charge in [-0.05, 0) is 86.3 Å². The van der Waals surface area contributed by atoms with Crippen molar-refractivity contribution >= 4 is 64.4 Å². The lowest BCUT2D eigenvalue weighted by molar-refractivity contribution is 1.57. The van der Waals surface area contributed by atoms with Crippen LogP contribution in [0.1, 0.15) is 0 Å². The van der Waals surface area contributed by atoms with E-state index in [1.54, 1.807) is 0 Å². The van der Waals surface area contributed by atoms with Gasteiger partial charge in [-0.15, -0.1) is 11.3 Å². The molecule has 0 fully saturated rings. The Hall–Kier alpha value is -4.92. The van der Waals surface area contributed by atoms with Crippen LogP contribution in [0.25, 0.3) is 64.0 Å². The van der Waals surface area contributed by atoms with Crippen LogP contribution in [0.15, 0.2) is 146 Å². The molecule has 0 spiro atoms. The summed E-state index contributed by atoms with van der Waals surface area (Å²) in [7, 11) is 0. The summed E-state index contributed by atoms with van der Waals surface area (Å²) >= 11 is 1.85. The van der Waals surface area contributed by atoms with Gasteiger partial charge in [0.1, 0.15) is 0 Å². The van der Waals surface area contributed by atoms with Gasteiger partial charge in [-0.25, -0.2) is 0 Å². The van der Waals surface area contributed by atoms with E-state index in [2.05, 4.69) is 151 Å². The molecule has 0 saturated heterocycles. The maximum Gasteiger partial charge on any atom is 0.0478 e. The number of anilines is 2. The van der Waals surface area contributed by atoms with E-state index in [4.69, 9.17) is 0 Å². The highest BCUT2D eigenvalue weighted by atomic mass is 32.1. The number of fused-ring (bicyclic) bond motifs is 5. The summed E-state index contributed by atoms with van der Waals surface area (Å²) in [6.07, 6.45) is 0. The quantitative estimate of drug-likeness (QED) is 0.240. The van der Waals surface area contributed by atoms with E-state index in [0.29, 0.717) is 0 Å². The number of benzene rings is 7. The molecule has 1 aromatic heterocycles. The highest BCUT2D eigenvalue weighted by Gasteiger charge is 2.12. The number of hydrogen-bond acceptors (Lipinski definition) is 2. The van der Waals surface area contributed by atoms with Crippen LogP contribution in [0.2, 0.25) is 0 Å². The van der Waals surface area contributed by atoms with Gasteiger partial charge in [-0.2, -0.15) is 0 Å². The first-order valence-electron chi connectivity index (χ1n) is 13.6. The van der Waals surface area contributed by atoms with Gasteiger partial charge in [0.25, 0.3) is 0 Å². The van der Waals surface area contributed by atoms with E-state index < -0.39 is 0 Å². The van der Waals surface area contributed by atoms with E-state index in [1.165, 1.54) is 64.0 Å². The molecule has 7 aromatic carbocycles. The Labute approximate surface area is 237 Å². The molecule has 0 radical (unpaired) electrons. The summed E-state index contributed by atoms with van der Waals surface area (Å²) in [5, 5.41) is 11.4. The average Bonchev–Trinajstić information content (AvgIpc) is 3.40. The average molecular weight is 528 g/mol. The fourth-order valence-electron chi connectivity index (χ4n) is 5.94. The Bertz CT molecular complexity index is 2180. The Morgan fingerprint density at radius 3 is 1.93 bits per heavy atom. The molecule has 1 N–H and O–H groups in total. The molecular weight excluding hydrogens is 502 g/mol. The summed E-state index contributed by atoms with van der Waals surface area (Å²) in [6, 6.07) is 52.6. The van der Waals surface area contributed by atoms with E-state index in [0.717, 1.165) is 11.4 Å². The summed E-state index contributed by atoms with van der Waals surface area (Å²) in [6.45, 7) is 0. The van der Waals surface area contributed by atoms with Crippen LogP contribution in [-0.4, -0.2) is 0 Å². The Morgan fingerprint density at radius 2 is 1.07 bits per heavy atom. The molecule has 0 amide bonds. The summed E-state index contributed by atoms with van der Waals surface area (Å²) in [5.74, 6) is 0. The molecule has 0 atom stereocenters. The second kappa shape index (κ2) is 9.37. The zero-order valence-electron chi connectivity index (χ0n) is 21.8. The fraction of sp³-hybridized carbons (Fsp3) is 0. The zero-order chi connectivity index (χ0) is 26.5. The standard InChI is InChI=1S/C38H25NS/c1-3-12-30-26(9-1)11-7-15-32(30)34-24-28(23-27-10-2-4-13-31(27)34)25-19-21-29(22-20-25)39-35-16-8-18-37-38(35)33-14-5-6-17-36(33)40-37/h1-24,39H. The van der Waals surface area contributed by atoms with Crippen LogP contribution in [0, 0.1) is 0 Å². The van der Waals surface area contributed by atoms with Crippen molar-refractivity contribution in [2.45, 2.75) is 0 Å². The van der Waals surface area contributed by atoms with Gasteiger partial charge in [0, 0.05) is 31.5 Å². The predicted molar refractivity (Wildman–Crippen MR) is 175 cm³/mol. The van der Waals surface area contributed by atoms with Crippen molar-refractivity contribution in [3.63, 3.8) is 0 Å². The Morgan fingerprint density at radius 1 is 0.425 bits per heavy atom. The van der Waals surface area contributed by atoms with Gasteiger partial charge < -0.3 is 5.32 Å². The van der Waals surface area contributed by atoms with Crippen molar-refractivity contribution in [3.05, 3.63) is 146 Å². The van der Waals surface area contributed by atoms with Crippen LogP contribution in [0.3, 0.4) is 0 Å². The molecule has 0 aliphatic carbocycles. The Balaban J connectivity index is 1.21. The molecule has 1 nitrogen and oxygen atoms in total. The first-order chi connectivity index (χ1) is 19.8. The van der Waals surface area contributed by atoms with Gasteiger partial charge >= 0.3 is 0 Å². The molecule has 0 saturated carbocycles. The Kier molecular flexibility index (Phi) is 5.39. The molecule has 2 heteroatoms. The summed E-state index contributed by atoms with van der Waals surface area (Å²) in [5.41, 5.74) is 7.19. The predicted octanol–water partition coefficient (Wildman–Crippen LogP) is 11.4. The fourth-order valence-corrected chi connectivity index (χ4v) is 7.07. The summed E-state index contributed by atoms with van der Waals surface area (Å²) < 4.78 is 2.63. The molecule has 188 valence electrons. The van der Waals surface area contributed by atoms with Crippen LogP contribution in [0.4, 0.5) is 11.4 Å². The number of nitrogens with one attached hydrogen (secondary N) is 1. The number of thiophene rings is 1. The monoisotopic (exact) mass is 527 g/mol. The normalized spacial score (nSPS) is 11.5. The van der Waals surface area contributed by atoms with Crippen LogP contribution >= 0.6 is 11.3 Å². The van der Waals surface area contributed by atoms with Crippen molar-refractivity contribution in [3.8, 4) is 22.3 Å². The molecule has 0 aliphatic rings. The molecule has 8 aromatic rings. The molecule has 0 bridgehead atoms. The second-order valence-electron chi connectivity index (χ2n) is 10.3. The second-order valence-corrected chi connectivity index (χ2v) is 11.3. The zero-order valence-corrected chi connectivity index (χ0v) is 22.6. The molecular formula is C38H25NS. The summed E-state index contributed by atoms with van der Waals surface area (Å²) in [4.78, 5) is 0. The maximum absolute atomic E-state index is 3.70. The SMILES string of the molecule is c1ccc2c(-c3cc(-c4ccc(Nc5cccc6sc7ccccc7c56)cc4)cc4ccccc34)cccc2c1. The number of hydrogen-bond donors (Lipinski definition) is 1. The van der Waals surface area contributed by atoms with E-state index in [1.807, 2.05) is 11.3 Å². The minimum absolute atomic E-state index is 1.08. The first kappa shape index (κ1) is 23.0. The lowest BCUT2D eigenvalue weighted by Gasteiger charge is -2.14. The van der Waals surface area contributed by atoms with E-state index >= 15 is 0 Å². The van der Waals surface area contributed by atoms with Crippen molar-refractivity contribution in [2.75, 3.05) is 5.32 Å². The van der Waals surface area contributed by atoms with E-state index in [-0.39, 0.29) is 0 Å². The smallest absolute Gasteiger partial charge is 0.0478 e. The maximum atomic E-state index is 3.70. The van der Waals surface area contributed by atoms with Crippen molar-refractivity contribution in [1.29, 1.82) is 0 Å². The molecule has 1 heterocycles. The van der Waals surface area contributed by atoms with Gasteiger partial charge in [-0.3, -0.25) is 0 Å². The highest BCUT2D eigenvalue weighted by molar-refractivity contribution is 7.25. The van der Waals surface area contributed by atoms with Gasteiger partial charge in [0.2, 0.25) is 0 Å². The van der Waals surface area contributed by atoms with Crippen molar-refractivity contribution in [1.82, 2.24) is 0 Å². The van der Waals surface area contributed by atoms with Crippen LogP contribution in [0.5, 0.6) is 0 Å². The van der Waals surface area contributed by atoms with Gasteiger partial charge in [0.05, 0.1) is 0 Å². The van der Waals surface area contributed by atoms with Crippen molar-refractivity contribution in [2.24, 2.45) is 0 Å². The van der Waals surface area contributed by atoms with Gasteiger partial charge in [-0.1, -0.05) is 103 Å². The molecule has 0 aliphatic heterocycles. The number of rotatable bonds is 4. The minimum Gasteiger partial charge on any atom is -0.355 e. The van der Waals surface area contributed by atoms with E-state index in [9.17, 15) is 0 Å². The van der Waals surface area contributed by atoms with Crippen LogP contribution < -0.4 is 5.32 Å². The van der Waals surface area contributed by atoms with Crippen LogP contribution in [-0.2, 0) is 0 Å². The minimum atomic E-state index is 1.08. The molecule has 0 unspecified atom stereocenters.